The van der Waals surface area contributed by atoms with Gasteiger partial charge in [-0.05, 0) is 72.0 Å². The third kappa shape index (κ3) is 6.80. The molecule has 0 bridgehead atoms. The standard InChI is InChI=1S/C16H39NO3Si2/c1-9-15(14-18)17(4)12-11-13-21(5,6)20-16(3,10-2)22(7,8)19/h15,18-19H,9-14H2,1-8H3. The van der Waals surface area contributed by atoms with Crippen LogP contribution < -0.4 is 0 Å². The summed E-state index contributed by atoms with van der Waals surface area (Å²) in [5, 5.41) is 8.99. The van der Waals surface area contributed by atoms with Crippen molar-refractivity contribution in [1.29, 1.82) is 0 Å². The molecule has 0 saturated heterocycles. The maximum absolute atomic E-state index is 10.6. The van der Waals surface area contributed by atoms with E-state index >= 15 is 0 Å². The van der Waals surface area contributed by atoms with E-state index in [0.29, 0.717) is 0 Å². The maximum Gasteiger partial charge on any atom is 0.212 e. The highest BCUT2D eigenvalue weighted by Gasteiger charge is 2.45. The summed E-state index contributed by atoms with van der Waals surface area (Å²) in [6, 6.07) is 1.34. The van der Waals surface area contributed by atoms with Crippen LogP contribution in [0.25, 0.3) is 0 Å². The molecule has 2 N–H and O–H groups in total. The van der Waals surface area contributed by atoms with Gasteiger partial charge in [0, 0.05) is 6.04 Å². The van der Waals surface area contributed by atoms with Gasteiger partial charge in [0.15, 0.2) is 8.32 Å². The van der Waals surface area contributed by atoms with Crippen LogP contribution in [-0.4, -0.2) is 62.9 Å². The highest BCUT2D eigenvalue weighted by Crippen LogP contribution is 2.31. The molecule has 2 atom stereocenters. The van der Waals surface area contributed by atoms with Gasteiger partial charge in [-0.3, -0.25) is 0 Å². The molecule has 22 heavy (non-hydrogen) atoms. The first kappa shape index (κ1) is 22.3. The van der Waals surface area contributed by atoms with Gasteiger partial charge in [-0.2, -0.15) is 0 Å². The van der Waals surface area contributed by atoms with E-state index in [2.05, 4.69) is 45.8 Å². The molecule has 0 radical (unpaired) electrons. The van der Waals surface area contributed by atoms with E-state index < -0.39 is 16.6 Å². The van der Waals surface area contributed by atoms with E-state index in [1.54, 1.807) is 0 Å². The molecular formula is C16H39NO3Si2. The fraction of sp³-hybridized carbons (Fsp3) is 1.00. The zero-order valence-electron chi connectivity index (χ0n) is 16.1. The van der Waals surface area contributed by atoms with E-state index in [-0.39, 0.29) is 17.9 Å². The molecule has 0 aliphatic carbocycles. The van der Waals surface area contributed by atoms with Crippen molar-refractivity contribution in [1.82, 2.24) is 4.90 Å². The van der Waals surface area contributed by atoms with Crippen molar-refractivity contribution in [2.24, 2.45) is 0 Å². The highest BCUT2D eigenvalue weighted by atomic mass is 28.4. The average Bonchev–Trinajstić information content (AvgIpc) is 2.37. The Hall–Kier alpha value is 0.274. The van der Waals surface area contributed by atoms with Crippen LogP contribution in [0.1, 0.15) is 40.0 Å². The van der Waals surface area contributed by atoms with Gasteiger partial charge in [-0.1, -0.05) is 13.8 Å². The number of nitrogens with zero attached hydrogens (tertiary/aromatic N) is 1. The minimum atomic E-state index is -2.34. The number of aliphatic hydroxyl groups is 1. The first-order valence-corrected chi connectivity index (χ1v) is 14.7. The molecule has 0 rings (SSSR count). The summed E-state index contributed by atoms with van der Waals surface area (Å²) in [6.07, 6.45) is 2.92. The average molecular weight is 350 g/mol. The van der Waals surface area contributed by atoms with Crippen LogP contribution in [-0.2, 0) is 4.43 Å². The molecule has 0 saturated carbocycles. The van der Waals surface area contributed by atoms with E-state index in [1.165, 1.54) is 0 Å². The lowest BCUT2D eigenvalue weighted by atomic mass is 10.2. The molecule has 2 unspecified atom stereocenters. The van der Waals surface area contributed by atoms with E-state index in [9.17, 15) is 9.90 Å². The van der Waals surface area contributed by atoms with Crippen molar-refractivity contribution in [3.05, 3.63) is 0 Å². The zero-order valence-corrected chi connectivity index (χ0v) is 18.1. The van der Waals surface area contributed by atoms with Crippen molar-refractivity contribution in [2.75, 3.05) is 20.2 Å². The number of aliphatic hydroxyl groups excluding tert-OH is 1. The third-order valence-electron chi connectivity index (χ3n) is 5.07. The number of likely N-dealkylation sites (N-methyl/N-ethyl adjacent to an activating group) is 1. The van der Waals surface area contributed by atoms with Crippen molar-refractivity contribution in [3.8, 4) is 0 Å². The molecule has 0 spiro atoms. The van der Waals surface area contributed by atoms with Crippen molar-refractivity contribution >= 4 is 16.6 Å². The van der Waals surface area contributed by atoms with Crippen LogP contribution in [0.15, 0.2) is 0 Å². The summed E-state index contributed by atoms with van der Waals surface area (Å²) in [4.78, 5) is 12.8. The second-order valence-electron chi connectivity index (χ2n) is 7.83. The van der Waals surface area contributed by atoms with E-state index in [1.807, 2.05) is 13.1 Å². The minimum absolute atomic E-state index is 0.225. The van der Waals surface area contributed by atoms with Crippen molar-refractivity contribution in [2.45, 2.75) is 83.5 Å². The Bertz CT molecular complexity index is 317. The van der Waals surface area contributed by atoms with Gasteiger partial charge in [-0.25, -0.2) is 0 Å². The molecule has 0 amide bonds. The Morgan fingerprint density at radius 2 is 1.73 bits per heavy atom. The summed E-state index contributed by atoms with van der Waals surface area (Å²) < 4.78 is 6.52. The van der Waals surface area contributed by atoms with E-state index in [0.717, 1.165) is 31.9 Å². The molecule has 0 heterocycles. The van der Waals surface area contributed by atoms with Crippen molar-refractivity contribution < 1.29 is 14.3 Å². The molecule has 0 aliphatic heterocycles. The van der Waals surface area contributed by atoms with Gasteiger partial charge >= 0.3 is 0 Å². The first-order valence-electron chi connectivity index (χ1n) is 8.66. The molecule has 0 fully saturated rings. The molecule has 134 valence electrons. The molecule has 0 aromatic heterocycles. The second-order valence-corrected chi connectivity index (χ2v) is 16.2. The Morgan fingerprint density at radius 3 is 2.09 bits per heavy atom. The van der Waals surface area contributed by atoms with Crippen LogP contribution in [0.2, 0.25) is 32.2 Å². The van der Waals surface area contributed by atoms with Gasteiger partial charge in [0.05, 0.1) is 11.8 Å². The summed E-state index contributed by atoms with van der Waals surface area (Å²) in [7, 11) is -2.07. The van der Waals surface area contributed by atoms with Gasteiger partial charge in [0.2, 0.25) is 8.32 Å². The summed E-state index contributed by atoms with van der Waals surface area (Å²) in [6.45, 7) is 16.0. The SMILES string of the molecule is CCC(CO)N(C)CCC[Si](C)(C)OC(C)(CC)[Si](C)(C)O. The fourth-order valence-corrected chi connectivity index (χ4v) is 7.98. The highest BCUT2D eigenvalue weighted by molar-refractivity contribution is 6.76. The number of hydrogen-bond acceptors (Lipinski definition) is 4. The maximum atomic E-state index is 10.6. The summed E-state index contributed by atoms with van der Waals surface area (Å²) >= 11 is 0. The minimum Gasteiger partial charge on any atom is -0.429 e. The third-order valence-corrected chi connectivity index (χ3v) is 10.9. The topological polar surface area (TPSA) is 52.9 Å². The molecule has 0 aliphatic rings. The van der Waals surface area contributed by atoms with Gasteiger partial charge in [0.25, 0.3) is 0 Å². The quantitative estimate of drug-likeness (QED) is 0.562. The molecular weight excluding hydrogens is 310 g/mol. The Balaban J connectivity index is 4.53. The van der Waals surface area contributed by atoms with Crippen LogP contribution >= 0.6 is 0 Å². The summed E-state index contributed by atoms with van der Waals surface area (Å²) in [5.74, 6) is 0. The lowest BCUT2D eigenvalue weighted by molar-refractivity contribution is 0.126. The van der Waals surface area contributed by atoms with Gasteiger partial charge in [0.1, 0.15) is 0 Å². The molecule has 6 heteroatoms. The van der Waals surface area contributed by atoms with Crippen LogP contribution in [0.5, 0.6) is 0 Å². The zero-order chi connectivity index (χ0) is 17.6. The van der Waals surface area contributed by atoms with Gasteiger partial charge < -0.3 is 19.2 Å². The molecule has 0 aromatic rings. The predicted molar refractivity (Wildman–Crippen MR) is 100 cm³/mol. The van der Waals surface area contributed by atoms with Gasteiger partial charge in [-0.15, -0.1) is 0 Å². The Labute approximate surface area is 140 Å². The fourth-order valence-electron chi connectivity index (χ4n) is 2.81. The Kier molecular flexibility index (Phi) is 9.05. The lowest BCUT2D eigenvalue weighted by Gasteiger charge is -2.43. The molecule has 4 nitrogen and oxygen atoms in total. The second kappa shape index (κ2) is 8.94. The van der Waals surface area contributed by atoms with Crippen LogP contribution in [0, 0.1) is 0 Å². The Morgan fingerprint density at radius 1 is 1.18 bits per heavy atom. The predicted octanol–water partition coefficient (Wildman–Crippen LogP) is 3.21. The first-order chi connectivity index (χ1) is 9.92. The van der Waals surface area contributed by atoms with Crippen LogP contribution in [0.3, 0.4) is 0 Å². The number of hydrogen-bond donors (Lipinski definition) is 2. The summed E-state index contributed by atoms with van der Waals surface area (Å²) in [5.41, 5.74) is 0. The van der Waals surface area contributed by atoms with Crippen molar-refractivity contribution in [3.63, 3.8) is 0 Å². The van der Waals surface area contributed by atoms with Crippen LogP contribution in [0.4, 0.5) is 0 Å². The smallest absolute Gasteiger partial charge is 0.212 e. The molecule has 0 aromatic carbocycles. The number of rotatable bonds is 11. The largest absolute Gasteiger partial charge is 0.429 e. The van der Waals surface area contributed by atoms with E-state index in [4.69, 9.17) is 4.43 Å². The monoisotopic (exact) mass is 349 g/mol. The normalized spacial score (nSPS) is 17.6. The lowest BCUT2D eigenvalue weighted by Crippen LogP contribution is -2.58.